The first-order valence-electron chi connectivity index (χ1n) is 9.59. The number of halogens is 1. The lowest BCUT2D eigenvalue weighted by Gasteiger charge is -2.35. The average Bonchev–Trinajstić information content (AvgIpc) is 3.54. The zero-order valence-electron chi connectivity index (χ0n) is 15.6. The van der Waals surface area contributed by atoms with Crippen LogP contribution in [-0.2, 0) is 16.1 Å². The maximum Gasteiger partial charge on any atom is 0.226 e. The number of hydrogen-bond acceptors (Lipinski definition) is 4. The summed E-state index contributed by atoms with van der Waals surface area (Å²) in [5.74, 6) is 0.633. The zero-order valence-corrected chi connectivity index (χ0v) is 16.3. The molecular formula is C21H23ClN4O2. The lowest BCUT2D eigenvalue weighted by molar-refractivity contribution is -0.135. The van der Waals surface area contributed by atoms with Crippen LogP contribution in [0.3, 0.4) is 0 Å². The minimum Gasteiger partial charge on any atom is -0.353 e. The van der Waals surface area contributed by atoms with Gasteiger partial charge in [-0.1, -0.05) is 29.8 Å². The molecule has 28 heavy (non-hydrogen) atoms. The van der Waals surface area contributed by atoms with Crippen molar-refractivity contribution in [2.24, 2.45) is 11.8 Å². The Kier molecular flexibility index (Phi) is 5.48. The molecule has 0 spiro atoms. The number of nitrogens with one attached hydrogen (secondary N) is 1. The molecule has 2 fully saturated rings. The van der Waals surface area contributed by atoms with Crippen LogP contribution in [0, 0.1) is 11.8 Å². The summed E-state index contributed by atoms with van der Waals surface area (Å²) in [6.45, 7) is 3.33. The molecule has 2 aliphatic rings. The molecule has 1 aromatic carbocycles. The van der Waals surface area contributed by atoms with E-state index in [1.165, 1.54) is 0 Å². The van der Waals surface area contributed by atoms with E-state index in [0.29, 0.717) is 31.1 Å². The van der Waals surface area contributed by atoms with Crippen molar-refractivity contribution in [3.05, 3.63) is 59.2 Å². The van der Waals surface area contributed by atoms with Gasteiger partial charge in [-0.15, -0.1) is 0 Å². The van der Waals surface area contributed by atoms with Crippen molar-refractivity contribution in [1.29, 1.82) is 0 Å². The van der Waals surface area contributed by atoms with Gasteiger partial charge in [0.2, 0.25) is 11.8 Å². The third kappa shape index (κ3) is 4.28. The first kappa shape index (κ1) is 18.7. The molecule has 4 rings (SSSR count). The highest BCUT2D eigenvalue weighted by atomic mass is 35.5. The van der Waals surface area contributed by atoms with Crippen LogP contribution in [0.4, 0.5) is 5.82 Å². The van der Waals surface area contributed by atoms with Gasteiger partial charge in [0.15, 0.2) is 0 Å². The van der Waals surface area contributed by atoms with Crippen LogP contribution in [0.25, 0.3) is 0 Å². The third-order valence-electron chi connectivity index (χ3n) is 5.39. The Morgan fingerprint density at radius 2 is 1.79 bits per heavy atom. The van der Waals surface area contributed by atoms with Crippen molar-refractivity contribution in [2.75, 3.05) is 31.1 Å². The topological polar surface area (TPSA) is 65.5 Å². The number of piperazine rings is 1. The molecule has 7 heteroatoms. The maximum absolute atomic E-state index is 12.7. The van der Waals surface area contributed by atoms with Gasteiger partial charge in [0.05, 0.1) is 11.8 Å². The molecule has 1 aromatic heterocycles. The van der Waals surface area contributed by atoms with Crippen LogP contribution in [0.5, 0.6) is 0 Å². The van der Waals surface area contributed by atoms with Gasteiger partial charge in [0, 0.05) is 43.9 Å². The average molecular weight is 399 g/mol. The Hall–Kier alpha value is -2.60. The number of amides is 2. The molecule has 1 N–H and O–H groups in total. The van der Waals surface area contributed by atoms with Crippen LogP contribution in [0.1, 0.15) is 12.0 Å². The third-order valence-corrected chi connectivity index (χ3v) is 5.64. The van der Waals surface area contributed by atoms with E-state index in [9.17, 15) is 9.59 Å². The standard InChI is InChI=1S/C21H23ClN4O2/c22-16-6-4-15(5-7-16)14-24-20(27)17-13-18(17)21(28)26-11-9-25(10-12-26)19-3-1-2-8-23-19/h1-8,17-18H,9-14H2,(H,24,27). The van der Waals surface area contributed by atoms with Crippen LogP contribution in [0.2, 0.25) is 5.02 Å². The SMILES string of the molecule is O=C(NCc1ccc(Cl)cc1)C1CC1C(=O)N1CCN(c2ccccn2)CC1. The second-order valence-corrected chi connectivity index (χ2v) is 7.73. The van der Waals surface area contributed by atoms with Gasteiger partial charge in [0.1, 0.15) is 5.82 Å². The van der Waals surface area contributed by atoms with Crippen molar-refractivity contribution in [3.8, 4) is 0 Å². The van der Waals surface area contributed by atoms with Gasteiger partial charge in [-0.25, -0.2) is 4.98 Å². The Labute approximate surface area is 169 Å². The Balaban J connectivity index is 1.23. The Morgan fingerprint density at radius 3 is 2.46 bits per heavy atom. The summed E-state index contributed by atoms with van der Waals surface area (Å²) >= 11 is 5.87. The molecule has 6 nitrogen and oxygen atoms in total. The van der Waals surface area contributed by atoms with E-state index in [-0.39, 0.29) is 23.7 Å². The lowest BCUT2D eigenvalue weighted by Crippen LogP contribution is -2.49. The van der Waals surface area contributed by atoms with Gasteiger partial charge in [-0.2, -0.15) is 0 Å². The van der Waals surface area contributed by atoms with Crippen molar-refractivity contribution in [2.45, 2.75) is 13.0 Å². The van der Waals surface area contributed by atoms with E-state index in [1.807, 2.05) is 35.2 Å². The fraction of sp³-hybridized carbons (Fsp3) is 0.381. The van der Waals surface area contributed by atoms with Gasteiger partial charge >= 0.3 is 0 Å². The highest BCUT2D eigenvalue weighted by Gasteiger charge is 2.49. The highest BCUT2D eigenvalue weighted by molar-refractivity contribution is 6.30. The van der Waals surface area contributed by atoms with E-state index >= 15 is 0 Å². The largest absolute Gasteiger partial charge is 0.353 e. The molecule has 1 saturated carbocycles. The van der Waals surface area contributed by atoms with E-state index in [1.54, 1.807) is 18.3 Å². The number of pyridine rings is 1. The fourth-order valence-corrected chi connectivity index (χ4v) is 3.74. The normalized spacial score (nSPS) is 21.3. The molecule has 2 aromatic rings. The van der Waals surface area contributed by atoms with Crippen molar-refractivity contribution in [3.63, 3.8) is 0 Å². The van der Waals surface area contributed by atoms with Gasteiger partial charge in [-0.3, -0.25) is 9.59 Å². The Morgan fingerprint density at radius 1 is 1.04 bits per heavy atom. The first-order valence-corrected chi connectivity index (χ1v) is 9.96. The molecule has 1 aliphatic heterocycles. The summed E-state index contributed by atoms with van der Waals surface area (Å²) in [5, 5.41) is 3.60. The van der Waals surface area contributed by atoms with E-state index in [0.717, 1.165) is 24.5 Å². The van der Waals surface area contributed by atoms with Gasteiger partial charge < -0.3 is 15.1 Å². The van der Waals surface area contributed by atoms with Crippen LogP contribution < -0.4 is 10.2 Å². The number of rotatable bonds is 5. The van der Waals surface area contributed by atoms with E-state index in [2.05, 4.69) is 15.2 Å². The molecule has 0 bridgehead atoms. The fourth-order valence-electron chi connectivity index (χ4n) is 3.61. The predicted octanol–water partition coefficient (Wildman–Crippen LogP) is 2.34. The van der Waals surface area contributed by atoms with E-state index < -0.39 is 0 Å². The summed E-state index contributed by atoms with van der Waals surface area (Å²) < 4.78 is 0. The number of carbonyl (C=O) groups excluding carboxylic acids is 2. The molecule has 0 radical (unpaired) electrons. The summed E-state index contributed by atoms with van der Waals surface area (Å²) in [6, 6.07) is 13.2. The molecule has 1 saturated heterocycles. The minimum atomic E-state index is -0.200. The number of carbonyl (C=O) groups is 2. The molecule has 2 atom stereocenters. The van der Waals surface area contributed by atoms with Crippen LogP contribution in [-0.4, -0.2) is 47.9 Å². The quantitative estimate of drug-likeness (QED) is 0.839. The summed E-state index contributed by atoms with van der Waals surface area (Å²) in [6.07, 6.45) is 2.43. The number of aromatic nitrogens is 1. The van der Waals surface area contributed by atoms with Crippen molar-refractivity contribution in [1.82, 2.24) is 15.2 Å². The number of anilines is 1. The predicted molar refractivity (Wildman–Crippen MR) is 108 cm³/mol. The summed E-state index contributed by atoms with van der Waals surface area (Å²) in [5.41, 5.74) is 0.993. The summed E-state index contributed by atoms with van der Waals surface area (Å²) in [7, 11) is 0. The molecule has 2 heterocycles. The number of benzene rings is 1. The van der Waals surface area contributed by atoms with Gasteiger partial charge in [-0.05, 0) is 36.2 Å². The van der Waals surface area contributed by atoms with Crippen molar-refractivity contribution < 1.29 is 9.59 Å². The minimum absolute atomic E-state index is 0.0413. The second-order valence-electron chi connectivity index (χ2n) is 7.29. The molecular weight excluding hydrogens is 376 g/mol. The maximum atomic E-state index is 12.7. The molecule has 1 aliphatic carbocycles. The zero-order chi connectivity index (χ0) is 19.5. The van der Waals surface area contributed by atoms with E-state index in [4.69, 9.17) is 11.6 Å². The monoisotopic (exact) mass is 398 g/mol. The lowest BCUT2D eigenvalue weighted by atomic mass is 10.2. The molecule has 2 unspecified atom stereocenters. The second kappa shape index (κ2) is 8.19. The molecule has 2 amide bonds. The van der Waals surface area contributed by atoms with Gasteiger partial charge in [0.25, 0.3) is 0 Å². The van der Waals surface area contributed by atoms with Crippen molar-refractivity contribution >= 4 is 29.2 Å². The van der Waals surface area contributed by atoms with Crippen LogP contribution in [0.15, 0.2) is 48.7 Å². The Bertz CT molecular complexity index is 835. The summed E-state index contributed by atoms with van der Waals surface area (Å²) in [4.78, 5) is 33.5. The number of hydrogen-bond donors (Lipinski definition) is 1. The highest BCUT2D eigenvalue weighted by Crippen LogP contribution is 2.40. The smallest absolute Gasteiger partial charge is 0.226 e. The molecule has 146 valence electrons. The van der Waals surface area contributed by atoms with Crippen LogP contribution >= 0.6 is 11.6 Å². The number of nitrogens with zero attached hydrogens (tertiary/aromatic N) is 3. The first-order chi connectivity index (χ1) is 13.6.